The van der Waals surface area contributed by atoms with Crippen molar-refractivity contribution >= 4 is 11.8 Å². The van der Waals surface area contributed by atoms with E-state index < -0.39 is 0 Å². The second-order valence-corrected chi connectivity index (χ2v) is 8.64. The third kappa shape index (κ3) is 3.47. The summed E-state index contributed by atoms with van der Waals surface area (Å²) in [6, 6.07) is 5.15. The van der Waals surface area contributed by atoms with Crippen molar-refractivity contribution in [3.63, 3.8) is 0 Å². The van der Waals surface area contributed by atoms with Crippen LogP contribution in [-0.4, -0.2) is 49.6 Å². The van der Waals surface area contributed by atoms with E-state index in [1.807, 2.05) is 11.0 Å². The van der Waals surface area contributed by atoms with Crippen LogP contribution in [-0.2, 0) is 20.7 Å². The maximum absolute atomic E-state index is 13.5. The molecule has 1 atom stereocenters. The minimum absolute atomic E-state index is 0.0213. The summed E-state index contributed by atoms with van der Waals surface area (Å²) in [5, 5.41) is 3.05. The van der Waals surface area contributed by atoms with Gasteiger partial charge in [0.05, 0.1) is 11.5 Å². The Morgan fingerprint density at radius 1 is 1.30 bits per heavy atom. The highest BCUT2D eigenvalue weighted by Gasteiger charge is 2.60. The summed E-state index contributed by atoms with van der Waals surface area (Å²) in [5.41, 5.74) is 1.35. The number of methoxy groups -OCH3 is 1. The predicted molar refractivity (Wildman–Crippen MR) is 98.6 cm³/mol. The first-order chi connectivity index (χ1) is 12.9. The molecular weight excluding hydrogens is 347 g/mol. The fraction of sp³-hybridized carbons (Fsp3) is 0.619. The highest BCUT2D eigenvalue weighted by atomic mass is 19.1. The van der Waals surface area contributed by atoms with Crippen molar-refractivity contribution in [2.24, 2.45) is 10.8 Å². The van der Waals surface area contributed by atoms with E-state index in [2.05, 4.69) is 5.32 Å². The molecule has 146 valence electrons. The number of nitrogens with one attached hydrogen (secondary N) is 1. The molecule has 3 aliphatic rings. The Balaban J connectivity index is 1.43. The van der Waals surface area contributed by atoms with Crippen LogP contribution in [0, 0.1) is 23.6 Å². The maximum Gasteiger partial charge on any atom is 0.246 e. The summed E-state index contributed by atoms with van der Waals surface area (Å²) >= 11 is 0. The topological polar surface area (TPSA) is 58.6 Å². The molecule has 1 spiro atoms. The molecule has 2 saturated carbocycles. The number of hydrogen-bond acceptors (Lipinski definition) is 3. The van der Waals surface area contributed by atoms with Gasteiger partial charge in [-0.05, 0) is 56.2 Å². The van der Waals surface area contributed by atoms with Crippen LogP contribution < -0.4 is 5.32 Å². The predicted octanol–water partition coefficient (Wildman–Crippen LogP) is 2.21. The molecule has 1 aliphatic heterocycles. The molecule has 27 heavy (non-hydrogen) atoms. The molecule has 2 amide bonds. The Morgan fingerprint density at radius 3 is 2.63 bits per heavy atom. The summed E-state index contributed by atoms with van der Waals surface area (Å²) in [7, 11) is 1.50. The molecule has 3 fully saturated rings. The van der Waals surface area contributed by atoms with Gasteiger partial charge in [0.1, 0.15) is 12.4 Å². The average Bonchev–Trinajstić information content (AvgIpc) is 3.52. The normalized spacial score (nSPS) is 24.1. The number of halogens is 1. The summed E-state index contributed by atoms with van der Waals surface area (Å²) in [4.78, 5) is 27.2. The van der Waals surface area contributed by atoms with E-state index in [0.717, 1.165) is 37.8 Å². The molecule has 1 unspecified atom stereocenters. The molecule has 4 rings (SSSR count). The largest absolute Gasteiger partial charge is 0.375 e. The Bertz CT molecular complexity index is 771. The van der Waals surface area contributed by atoms with Gasteiger partial charge in [-0.25, -0.2) is 4.39 Å². The van der Waals surface area contributed by atoms with Crippen molar-refractivity contribution in [2.45, 2.75) is 45.1 Å². The Kier molecular flexibility index (Phi) is 4.49. The van der Waals surface area contributed by atoms with Crippen LogP contribution in [0.25, 0.3) is 0 Å². The second kappa shape index (κ2) is 6.59. The van der Waals surface area contributed by atoms with E-state index in [1.165, 1.54) is 13.2 Å². The number of carbonyl (C=O) groups is 2. The fourth-order valence-corrected chi connectivity index (χ4v) is 4.52. The van der Waals surface area contributed by atoms with Gasteiger partial charge in [0.2, 0.25) is 11.8 Å². The van der Waals surface area contributed by atoms with Gasteiger partial charge in [-0.2, -0.15) is 0 Å². The molecule has 1 aromatic carbocycles. The molecule has 5 nitrogen and oxygen atoms in total. The molecule has 0 aromatic heterocycles. The van der Waals surface area contributed by atoms with Crippen LogP contribution >= 0.6 is 0 Å². The minimum atomic E-state index is -0.341. The number of nitrogens with zero attached hydrogens (tertiary/aromatic N) is 1. The van der Waals surface area contributed by atoms with Crippen LogP contribution in [0.1, 0.15) is 36.8 Å². The Labute approximate surface area is 159 Å². The Morgan fingerprint density at radius 2 is 2.04 bits per heavy atom. The van der Waals surface area contributed by atoms with Crippen LogP contribution in [0.2, 0.25) is 0 Å². The highest BCUT2D eigenvalue weighted by molar-refractivity contribution is 5.86. The van der Waals surface area contributed by atoms with Gasteiger partial charge in [0.15, 0.2) is 0 Å². The first kappa shape index (κ1) is 18.4. The number of carbonyl (C=O) groups excluding carboxylic acids is 2. The van der Waals surface area contributed by atoms with Gasteiger partial charge < -0.3 is 15.0 Å². The van der Waals surface area contributed by atoms with Crippen LogP contribution in [0.15, 0.2) is 18.2 Å². The van der Waals surface area contributed by atoms with Gasteiger partial charge in [-0.3, -0.25) is 9.59 Å². The summed E-state index contributed by atoms with van der Waals surface area (Å²) in [6.07, 6.45) is 4.54. The lowest BCUT2D eigenvalue weighted by molar-refractivity contribution is -0.136. The van der Waals surface area contributed by atoms with Gasteiger partial charge in [0.25, 0.3) is 0 Å². The van der Waals surface area contributed by atoms with Crippen molar-refractivity contribution in [3.8, 4) is 0 Å². The average molecular weight is 374 g/mol. The minimum Gasteiger partial charge on any atom is -0.375 e. The zero-order valence-corrected chi connectivity index (χ0v) is 16.0. The van der Waals surface area contributed by atoms with Crippen molar-refractivity contribution in [1.82, 2.24) is 10.2 Å². The van der Waals surface area contributed by atoms with E-state index in [9.17, 15) is 14.0 Å². The van der Waals surface area contributed by atoms with Crippen LogP contribution in [0.3, 0.4) is 0 Å². The van der Waals surface area contributed by atoms with Crippen LogP contribution in [0.4, 0.5) is 4.39 Å². The van der Waals surface area contributed by atoms with Crippen molar-refractivity contribution in [2.75, 3.05) is 26.8 Å². The lowest BCUT2D eigenvalue weighted by atomic mass is 9.94. The first-order valence-corrected chi connectivity index (χ1v) is 9.70. The number of hydrogen-bond donors (Lipinski definition) is 1. The molecule has 1 N–H and O–H groups in total. The second-order valence-electron chi connectivity index (χ2n) is 8.64. The molecular formula is C21H27FN2O3. The van der Waals surface area contributed by atoms with Gasteiger partial charge >= 0.3 is 0 Å². The van der Waals surface area contributed by atoms with Crippen molar-refractivity contribution in [3.05, 3.63) is 35.1 Å². The summed E-state index contributed by atoms with van der Waals surface area (Å²) in [6.45, 7) is 3.12. The van der Waals surface area contributed by atoms with Gasteiger partial charge in [-0.1, -0.05) is 12.1 Å². The first-order valence-electron chi connectivity index (χ1n) is 9.70. The molecule has 6 heteroatoms. The fourth-order valence-electron chi connectivity index (χ4n) is 4.52. The van der Waals surface area contributed by atoms with Crippen molar-refractivity contribution in [1.29, 1.82) is 0 Å². The zero-order chi connectivity index (χ0) is 19.2. The number of amides is 2. The van der Waals surface area contributed by atoms with Crippen LogP contribution in [0.5, 0.6) is 0 Å². The third-order valence-corrected chi connectivity index (χ3v) is 6.51. The summed E-state index contributed by atoms with van der Waals surface area (Å²) < 4.78 is 18.4. The summed E-state index contributed by atoms with van der Waals surface area (Å²) in [5.74, 6) is -0.134. The van der Waals surface area contributed by atoms with Gasteiger partial charge in [-0.15, -0.1) is 0 Å². The molecule has 0 bridgehead atoms. The molecule has 2 aliphatic carbocycles. The number of benzene rings is 1. The lowest BCUT2D eigenvalue weighted by Gasteiger charge is -2.23. The maximum atomic E-state index is 13.5. The van der Waals surface area contributed by atoms with Crippen molar-refractivity contribution < 1.29 is 18.7 Å². The molecule has 1 saturated heterocycles. The number of rotatable bonds is 6. The van der Waals surface area contributed by atoms with E-state index in [0.29, 0.717) is 18.5 Å². The van der Waals surface area contributed by atoms with E-state index in [1.54, 1.807) is 13.0 Å². The van der Waals surface area contributed by atoms with Gasteiger partial charge in [0, 0.05) is 25.6 Å². The Hall–Kier alpha value is -1.95. The monoisotopic (exact) mass is 374 g/mol. The zero-order valence-electron chi connectivity index (χ0n) is 16.0. The number of aryl methyl sites for hydroxylation is 1. The quantitative estimate of drug-likeness (QED) is 0.831. The highest BCUT2D eigenvalue weighted by Crippen LogP contribution is 2.56. The third-order valence-electron chi connectivity index (χ3n) is 6.51. The molecule has 1 heterocycles. The lowest BCUT2D eigenvalue weighted by Crippen LogP contribution is -2.44. The smallest absolute Gasteiger partial charge is 0.246 e. The number of likely N-dealkylation sites (tertiary alicyclic amines) is 1. The SMILES string of the molecule is COCC(=O)NC1CN(C(=O)C2(Cc3ccc(F)c(C)c3)CC2)CC12CC2. The molecule has 1 aromatic rings. The number of ether oxygens (including phenoxy) is 1. The van der Waals surface area contributed by atoms with E-state index in [4.69, 9.17) is 4.74 Å². The molecule has 0 radical (unpaired) electrons. The van der Waals surface area contributed by atoms with E-state index >= 15 is 0 Å². The van der Waals surface area contributed by atoms with E-state index in [-0.39, 0.29) is 41.1 Å². The standard InChI is InChI=1S/C21H27FN2O3/c1-14-9-15(3-4-16(14)22)10-20(5-6-20)19(26)24-11-17(21(13-24)7-8-21)23-18(25)12-27-2/h3-4,9,17H,5-8,10-13H2,1-2H3,(H,23,25).